The number of amides is 1. The van der Waals surface area contributed by atoms with Crippen molar-refractivity contribution in [1.29, 1.82) is 0 Å². The number of rotatable bonds is 4. The predicted octanol–water partition coefficient (Wildman–Crippen LogP) is 1.63. The maximum Gasteiger partial charge on any atom is 0.223 e. The molecule has 1 fully saturated rings. The molecule has 0 aromatic heterocycles. The topological polar surface area (TPSA) is 49.6 Å². The highest BCUT2D eigenvalue weighted by Gasteiger charge is 2.18. The van der Waals surface area contributed by atoms with Gasteiger partial charge in [-0.15, -0.1) is 12.4 Å². The molecule has 2 N–H and O–H groups in total. The fourth-order valence-electron chi connectivity index (χ4n) is 2.51. The van der Waals surface area contributed by atoms with Gasteiger partial charge < -0.3 is 10.6 Å². The van der Waals surface area contributed by atoms with E-state index in [1.807, 2.05) is 17.0 Å². The summed E-state index contributed by atoms with van der Waals surface area (Å²) in [6.07, 6.45) is 1.40. The van der Waals surface area contributed by atoms with Gasteiger partial charge in [-0.05, 0) is 24.1 Å². The maximum absolute atomic E-state index is 12.9. The van der Waals surface area contributed by atoms with Crippen molar-refractivity contribution in [2.24, 2.45) is 5.73 Å². The van der Waals surface area contributed by atoms with E-state index >= 15 is 0 Å². The molecule has 1 aromatic carbocycles. The van der Waals surface area contributed by atoms with Crippen molar-refractivity contribution >= 4 is 18.3 Å². The van der Waals surface area contributed by atoms with Crippen LogP contribution in [-0.4, -0.2) is 48.4 Å². The number of nitrogens with two attached hydrogens (primary N) is 1. The highest BCUT2D eigenvalue weighted by Crippen LogP contribution is 2.10. The summed E-state index contributed by atoms with van der Waals surface area (Å²) in [6.45, 7) is 4.59. The standard InChI is InChI=1S/C15H22FN3O.ClH/c16-14-4-2-13(3-5-14)12-18-8-1-9-19(11-10-18)15(20)6-7-17;/h2-5H,1,6-12,17H2;1H. The van der Waals surface area contributed by atoms with Crippen molar-refractivity contribution in [2.45, 2.75) is 19.4 Å². The van der Waals surface area contributed by atoms with Crippen LogP contribution in [0, 0.1) is 5.82 Å². The number of carbonyl (C=O) groups is 1. The van der Waals surface area contributed by atoms with Gasteiger partial charge in [0, 0.05) is 45.7 Å². The molecule has 1 aliphatic heterocycles. The van der Waals surface area contributed by atoms with E-state index in [1.165, 1.54) is 12.1 Å². The fraction of sp³-hybridized carbons (Fsp3) is 0.533. The molecular weight excluding hydrogens is 293 g/mol. The Hall–Kier alpha value is -1.17. The summed E-state index contributed by atoms with van der Waals surface area (Å²) in [7, 11) is 0. The number of hydrogen-bond acceptors (Lipinski definition) is 3. The van der Waals surface area contributed by atoms with Crippen LogP contribution < -0.4 is 5.73 Å². The summed E-state index contributed by atoms with van der Waals surface area (Å²) in [5, 5.41) is 0. The van der Waals surface area contributed by atoms with E-state index in [0.717, 1.165) is 44.7 Å². The summed E-state index contributed by atoms with van der Waals surface area (Å²) in [6, 6.07) is 6.61. The normalized spacial score (nSPS) is 16.2. The zero-order chi connectivity index (χ0) is 14.4. The molecular formula is C15H23ClFN3O. The van der Waals surface area contributed by atoms with Crippen LogP contribution in [0.5, 0.6) is 0 Å². The highest BCUT2D eigenvalue weighted by atomic mass is 35.5. The van der Waals surface area contributed by atoms with Crippen LogP contribution in [0.2, 0.25) is 0 Å². The third kappa shape index (κ3) is 5.61. The lowest BCUT2D eigenvalue weighted by Crippen LogP contribution is -2.35. The number of hydrogen-bond donors (Lipinski definition) is 1. The van der Waals surface area contributed by atoms with Gasteiger partial charge in [0.05, 0.1) is 0 Å². The second-order valence-corrected chi connectivity index (χ2v) is 5.18. The molecule has 0 unspecified atom stereocenters. The van der Waals surface area contributed by atoms with Gasteiger partial charge in [-0.25, -0.2) is 4.39 Å². The molecule has 0 saturated carbocycles. The summed E-state index contributed by atoms with van der Waals surface area (Å²) in [4.78, 5) is 16.0. The Morgan fingerprint density at radius 2 is 1.86 bits per heavy atom. The zero-order valence-electron chi connectivity index (χ0n) is 12.1. The van der Waals surface area contributed by atoms with Gasteiger partial charge in [0.2, 0.25) is 5.91 Å². The average molecular weight is 316 g/mol. The van der Waals surface area contributed by atoms with E-state index in [4.69, 9.17) is 5.73 Å². The lowest BCUT2D eigenvalue weighted by Gasteiger charge is -2.22. The van der Waals surface area contributed by atoms with Crippen LogP contribution in [-0.2, 0) is 11.3 Å². The Morgan fingerprint density at radius 1 is 1.14 bits per heavy atom. The Balaban J connectivity index is 0.00000220. The molecule has 1 saturated heterocycles. The molecule has 1 aliphatic rings. The second-order valence-electron chi connectivity index (χ2n) is 5.18. The SMILES string of the molecule is Cl.NCCC(=O)N1CCCN(Cc2ccc(F)cc2)CC1. The number of halogens is 2. The Bertz CT molecular complexity index is 441. The van der Waals surface area contributed by atoms with E-state index in [2.05, 4.69) is 4.90 Å². The summed E-state index contributed by atoms with van der Waals surface area (Å²) in [5.74, 6) is -0.0562. The zero-order valence-corrected chi connectivity index (χ0v) is 12.9. The highest BCUT2D eigenvalue weighted by molar-refractivity contribution is 5.85. The lowest BCUT2D eigenvalue weighted by atomic mass is 10.2. The summed E-state index contributed by atoms with van der Waals surface area (Å²) in [5.41, 5.74) is 6.53. The smallest absolute Gasteiger partial charge is 0.223 e. The van der Waals surface area contributed by atoms with E-state index < -0.39 is 0 Å². The number of benzene rings is 1. The summed E-state index contributed by atoms with van der Waals surface area (Å²) >= 11 is 0. The molecule has 6 heteroatoms. The van der Waals surface area contributed by atoms with Crippen molar-refractivity contribution in [3.63, 3.8) is 0 Å². The first-order valence-corrected chi connectivity index (χ1v) is 7.13. The van der Waals surface area contributed by atoms with Crippen molar-refractivity contribution in [2.75, 3.05) is 32.7 Å². The van der Waals surface area contributed by atoms with Crippen molar-refractivity contribution in [1.82, 2.24) is 9.80 Å². The first-order valence-electron chi connectivity index (χ1n) is 7.13. The average Bonchev–Trinajstić information content (AvgIpc) is 2.67. The predicted molar refractivity (Wildman–Crippen MR) is 83.8 cm³/mol. The van der Waals surface area contributed by atoms with Crippen LogP contribution in [0.25, 0.3) is 0 Å². The molecule has 4 nitrogen and oxygen atoms in total. The Kier molecular flexibility index (Phi) is 7.64. The Labute approximate surface area is 131 Å². The molecule has 0 bridgehead atoms. The third-order valence-corrected chi connectivity index (χ3v) is 3.62. The molecule has 0 aliphatic carbocycles. The van der Waals surface area contributed by atoms with E-state index in [9.17, 15) is 9.18 Å². The molecule has 0 atom stereocenters. The quantitative estimate of drug-likeness (QED) is 0.919. The molecule has 2 rings (SSSR count). The van der Waals surface area contributed by atoms with Gasteiger partial charge in [-0.2, -0.15) is 0 Å². The van der Waals surface area contributed by atoms with Crippen molar-refractivity contribution in [3.05, 3.63) is 35.6 Å². The van der Waals surface area contributed by atoms with Crippen LogP contribution in [0.1, 0.15) is 18.4 Å². The number of nitrogens with zero attached hydrogens (tertiary/aromatic N) is 2. The third-order valence-electron chi connectivity index (χ3n) is 3.62. The van der Waals surface area contributed by atoms with Gasteiger partial charge in [-0.1, -0.05) is 12.1 Å². The minimum atomic E-state index is -0.205. The molecule has 0 radical (unpaired) electrons. The van der Waals surface area contributed by atoms with Crippen LogP contribution in [0.15, 0.2) is 24.3 Å². The van der Waals surface area contributed by atoms with Gasteiger partial charge >= 0.3 is 0 Å². The monoisotopic (exact) mass is 315 g/mol. The van der Waals surface area contributed by atoms with E-state index in [0.29, 0.717) is 13.0 Å². The van der Waals surface area contributed by atoms with E-state index in [1.54, 1.807) is 0 Å². The second kappa shape index (κ2) is 8.97. The van der Waals surface area contributed by atoms with Gasteiger partial charge in [-0.3, -0.25) is 9.69 Å². The molecule has 1 aromatic rings. The molecule has 0 spiro atoms. The first kappa shape index (κ1) is 17.9. The number of carbonyl (C=O) groups excluding carboxylic acids is 1. The van der Waals surface area contributed by atoms with Crippen LogP contribution in [0.4, 0.5) is 4.39 Å². The minimum Gasteiger partial charge on any atom is -0.341 e. The Morgan fingerprint density at radius 3 is 2.52 bits per heavy atom. The maximum atomic E-state index is 12.9. The van der Waals surface area contributed by atoms with Crippen LogP contribution in [0.3, 0.4) is 0 Å². The van der Waals surface area contributed by atoms with E-state index in [-0.39, 0.29) is 24.1 Å². The molecule has 1 amide bonds. The minimum absolute atomic E-state index is 0. The van der Waals surface area contributed by atoms with Gasteiger partial charge in [0.25, 0.3) is 0 Å². The van der Waals surface area contributed by atoms with Crippen LogP contribution >= 0.6 is 12.4 Å². The molecule has 21 heavy (non-hydrogen) atoms. The molecule has 118 valence electrons. The molecule has 1 heterocycles. The van der Waals surface area contributed by atoms with Gasteiger partial charge in [0.15, 0.2) is 0 Å². The van der Waals surface area contributed by atoms with Crippen molar-refractivity contribution < 1.29 is 9.18 Å². The largest absolute Gasteiger partial charge is 0.341 e. The van der Waals surface area contributed by atoms with Crippen molar-refractivity contribution in [3.8, 4) is 0 Å². The summed E-state index contributed by atoms with van der Waals surface area (Å²) < 4.78 is 12.9. The van der Waals surface area contributed by atoms with Gasteiger partial charge in [0.1, 0.15) is 5.82 Å². The fourth-order valence-corrected chi connectivity index (χ4v) is 2.51. The lowest BCUT2D eigenvalue weighted by molar-refractivity contribution is -0.130. The first-order chi connectivity index (χ1) is 9.69.